The van der Waals surface area contributed by atoms with Crippen LogP contribution in [0.3, 0.4) is 0 Å². The molecule has 0 aliphatic rings. The van der Waals surface area contributed by atoms with Crippen LogP contribution in [0, 0.1) is 0 Å². The number of halogens is 1. The Balaban J connectivity index is 0. The molecule has 0 atom stereocenters. The molecule has 0 saturated carbocycles. The van der Waals surface area contributed by atoms with Crippen molar-refractivity contribution in [2.45, 2.75) is 0 Å². The van der Waals surface area contributed by atoms with Gasteiger partial charge in [0.2, 0.25) is 0 Å². The summed E-state index contributed by atoms with van der Waals surface area (Å²) in [5, 5.41) is 0.222. The second-order valence-electron chi connectivity index (χ2n) is 0.605. The van der Waals surface area contributed by atoms with E-state index in [0.717, 1.165) is 0 Å². The smallest absolute Gasteiger partial charge is 1.00 e. The van der Waals surface area contributed by atoms with Crippen LogP contribution in [-0.2, 0) is 0 Å². The van der Waals surface area contributed by atoms with Gasteiger partial charge in [-0.05, 0) is 0 Å². The summed E-state index contributed by atoms with van der Waals surface area (Å²) in [6.45, 7) is 0. The van der Waals surface area contributed by atoms with Crippen LogP contribution in [0.5, 0.6) is 0 Å². The summed E-state index contributed by atoms with van der Waals surface area (Å²) in [5.74, 6) is 0. The molecule has 0 aromatic carbocycles. The number of hydrogen-bond donors (Lipinski definition) is 2. The van der Waals surface area contributed by atoms with E-state index in [1.165, 1.54) is 18.4 Å². The van der Waals surface area contributed by atoms with Gasteiger partial charge in [0, 0.05) is 0 Å². The van der Waals surface area contributed by atoms with Gasteiger partial charge in [-0.3, -0.25) is 0 Å². The Labute approximate surface area is 74.2 Å². The first-order valence-corrected chi connectivity index (χ1v) is 2.72. The average molecular weight is 286 g/mol. The molecule has 3 nitrogen and oxygen atoms in total. The number of thiocarbonyl (C=S) groups is 1. The van der Waals surface area contributed by atoms with Crippen LogP contribution in [0.15, 0.2) is 3.76 Å². The minimum atomic E-state index is 0. The first kappa shape index (κ1) is 10.8. The van der Waals surface area contributed by atoms with Gasteiger partial charge in [0.1, 0.15) is 0 Å². The van der Waals surface area contributed by atoms with E-state index in [2.05, 4.69) is 21.4 Å². The number of nitrogens with one attached hydrogen (secondary N) is 1. The van der Waals surface area contributed by atoms with Crippen molar-refractivity contribution >= 4 is 35.7 Å². The molecule has 0 rings (SSSR count). The van der Waals surface area contributed by atoms with Crippen LogP contribution in [0.25, 0.3) is 0 Å². The molecule has 0 aromatic heterocycles. The summed E-state index contributed by atoms with van der Waals surface area (Å²) < 4.78 is 3.48. The van der Waals surface area contributed by atoms with E-state index in [1.54, 1.807) is 0 Å². The van der Waals surface area contributed by atoms with E-state index in [1.807, 2.05) is 0 Å². The van der Waals surface area contributed by atoms with Gasteiger partial charge >= 0.3 is 50.7 Å². The summed E-state index contributed by atoms with van der Waals surface area (Å²) in [4.78, 5) is 0. The van der Waals surface area contributed by atoms with Gasteiger partial charge in [-0.2, -0.15) is 0 Å². The molecule has 0 fully saturated rings. The Hall–Kier alpha value is 0.856. The van der Waals surface area contributed by atoms with E-state index in [4.69, 9.17) is 5.73 Å². The fourth-order valence-electron chi connectivity index (χ4n) is 0.0636. The minimum Gasteiger partial charge on any atom is -1.00 e. The van der Waals surface area contributed by atoms with Gasteiger partial charge in [0.15, 0.2) is 0 Å². The first-order chi connectivity index (χ1) is 2.77. The fourth-order valence-corrected chi connectivity index (χ4v) is 0.604. The summed E-state index contributed by atoms with van der Waals surface area (Å²) in [6, 6.07) is 0. The summed E-state index contributed by atoms with van der Waals surface area (Å²) in [6.07, 6.45) is 0. The molecular weight excluding hydrogens is 283 g/mol. The quantitative estimate of drug-likeness (QED) is 0.224. The van der Waals surface area contributed by atoms with Crippen molar-refractivity contribution < 1.29 is 24.0 Å². The molecule has 0 bridgehead atoms. The van der Waals surface area contributed by atoms with E-state index in [9.17, 15) is 0 Å². The molecule has 0 aliphatic heterocycles. The van der Waals surface area contributed by atoms with Crippen molar-refractivity contribution in [3.8, 4) is 0 Å². The first-order valence-electron chi connectivity index (χ1n) is 1.22. The number of nitrogens with two attached hydrogens (primary N) is 1. The molecule has 0 spiro atoms. The monoisotopic (exact) mass is 285 g/mol. The second kappa shape index (κ2) is 6.86. The van der Waals surface area contributed by atoms with Gasteiger partial charge in [-0.1, -0.05) is 0 Å². The van der Waals surface area contributed by atoms with Crippen molar-refractivity contribution in [1.29, 1.82) is 0 Å². The molecule has 0 aliphatic carbocycles. The molecule has 0 radical (unpaired) electrons. The molecule has 0 unspecified atom stereocenters. The van der Waals surface area contributed by atoms with Gasteiger partial charge in [0.25, 0.3) is 0 Å². The molecular formula is CH3GaIN3S. The van der Waals surface area contributed by atoms with Crippen LogP contribution in [0.2, 0.25) is 0 Å². The van der Waals surface area contributed by atoms with Gasteiger partial charge < -0.3 is 24.0 Å². The predicted molar refractivity (Wildman–Crippen MR) is 28.1 cm³/mol. The maximum atomic E-state index is 4.94. The number of hydrogen-bond acceptors (Lipinski definition) is 2. The SMILES string of the molecule is NC(=S)N[N]=[Ga+].[I-]. The Bertz CT molecular complexity index is 75.3. The Morgan fingerprint density at radius 2 is 2.29 bits per heavy atom. The Morgan fingerprint density at radius 1 is 1.86 bits per heavy atom. The summed E-state index contributed by atoms with van der Waals surface area (Å²) >= 11 is 5.57. The van der Waals surface area contributed by atoms with Crippen molar-refractivity contribution in [3.63, 3.8) is 0 Å². The molecule has 0 amide bonds. The largest absolute Gasteiger partial charge is 1.00 e. The maximum Gasteiger partial charge on any atom is -1.00 e. The normalized spacial score (nSPS) is 6.00. The van der Waals surface area contributed by atoms with Crippen LogP contribution in [-0.4, -0.2) is 23.5 Å². The molecule has 7 heavy (non-hydrogen) atoms. The van der Waals surface area contributed by atoms with Crippen molar-refractivity contribution in [2.24, 2.45) is 9.49 Å². The van der Waals surface area contributed by atoms with Crippen molar-refractivity contribution in [2.75, 3.05) is 0 Å². The fraction of sp³-hybridized carbons (Fsp3) is 0. The Morgan fingerprint density at radius 3 is 2.29 bits per heavy atom. The summed E-state index contributed by atoms with van der Waals surface area (Å²) in [7, 11) is 0. The molecule has 38 valence electrons. The van der Waals surface area contributed by atoms with E-state index in [0.29, 0.717) is 0 Å². The van der Waals surface area contributed by atoms with Crippen molar-refractivity contribution in [1.82, 2.24) is 5.43 Å². The molecule has 0 heterocycles. The van der Waals surface area contributed by atoms with Crippen LogP contribution in [0.1, 0.15) is 0 Å². The standard InChI is InChI=1S/CH3N3S.Ga.HI/c2-1(5)4-3;;/h(H3,2,4,5);;1H/q;+1;/p-1. The molecule has 0 aromatic rings. The molecule has 0 saturated heterocycles. The van der Waals surface area contributed by atoms with Crippen LogP contribution < -0.4 is 35.1 Å². The van der Waals surface area contributed by atoms with E-state index < -0.39 is 0 Å². The second-order valence-corrected chi connectivity index (χ2v) is 1.59. The topological polar surface area (TPSA) is 50.4 Å². The maximum absolute atomic E-state index is 4.94. The summed E-state index contributed by atoms with van der Waals surface area (Å²) in [5.41, 5.74) is 7.31. The Kier molecular flexibility index (Phi) is 10.5. The van der Waals surface area contributed by atoms with Crippen molar-refractivity contribution in [3.05, 3.63) is 0 Å². The molecule has 6 heteroatoms. The van der Waals surface area contributed by atoms with Gasteiger partial charge in [-0.15, -0.1) is 0 Å². The number of rotatable bonds is 1. The molecule has 3 N–H and O–H groups in total. The zero-order valence-corrected chi connectivity index (χ0v) is 8.78. The third kappa shape index (κ3) is 10.9. The average Bonchev–Trinajstić information content (AvgIpc) is 1.35. The van der Waals surface area contributed by atoms with E-state index >= 15 is 0 Å². The third-order valence-electron chi connectivity index (χ3n) is 0.175. The predicted octanol–water partition coefficient (Wildman–Crippen LogP) is -3.91. The zero-order valence-electron chi connectivity index (χ0n) is 3.39. The van der Waals surface area contributed by atoms with E-state index in [-0.39, 0.29) is 29.1 Å². The minimum absolute atomic E-state index is 0. The van der Waals surface area contributed by atoms with Crippen LogP contribution in [0.4, 0.5) is 0 Å². The zero-order chi connectivity index (χ0) is 4.99. The number of nitrogens with zero attached hydrogens (tertiary/aromatic N) is 1. The third-order valence-corrected chi connectivity index (χ3v) is 0.537. The van der Waals surface area contributed by atoms with Crippen LogP contribution >= 0.6 is 12.2 Å². The van der Waals surface area contributed by atoms with Gasteiger partial charge in [-0.25, -0.2) is 0 Å². The van der Waals surface area contributed by atoms with Gasteiger partial charge in [0.05, 0.1) is 0 Å².